The maximum Gasteiger partial charge on any atom is 0.0908 e. The summed E-state index contributed by atoms with van der Waals surface area (Å²) in [6, 6.07) is 2.05. The van der Waals surface area contributed by atoms with Crippen LogP contribution in [0.3, 0.4) is 0 Å². The summed E-state index contributed by atoms with van der Waals surface area (Å²) in [6.45, 7) is 0. The predicted molar refractivity (Wildman–Crippen MR) is 67.2 cm³/mol. The van der Waals surface area contributed by atoms with Crippen LogP contribution in [0.2, 0.25) is 0 Å². The van der Waals surface area contributed by atoms with Crippen molar-refractivity contribution < 1.29 is 0 Å². The van der Waals surface area contributed by atoms with Crippen molar-refractivity contribution in [1.29, 1.82) is 5.41 Å². The molecule has 0 bridgehead atoms. The zero-order chi connectivity index (χ0) is 9.14. The molecule has 0 aliphatic heterocycles. The van der Waals surface area contributed by atoms with Gasteiger partial charge in [-0.25, -0.2) is 0 Å². The first-order valence-electron chi connectivity index (χ1n) is 3.36. The number of hydrogen-bond acceptors (Lipinski definition) is 2. The van der Waals surface area contributed by atoms with Crippen LogP contribution in [0.1, 0.15) is 11.3 Å². The molecule has 0 saturated heterocycles. The minimum absolute atomic E-state index is 0. The highest BCUT2D eigenvalue weighted by Gasteiger charge is 2.03. The number of hydrogen-bond donors (Lipinski definition) is 2. The third-order valence-corrected chi connectivity index (χ3v) is 4.65. The summed E-state index contributed by atoms with van der Waals surface area (Å²) in [4.78, 5) is 1.24. The molecule has 1 rings (SSSR count). The van der Waals surface area contributed by atoms with E-state index in [1.54, 1.807) is 11.3 Å². The maximum absolute atomic E-state index is 7.06. The number of thiophene rings is 1. The number of amidine groups is 1. The highest BCUT2D eigenvalue weighted by Crippen LogP contribution is 2.32. The number of aryl methyl sites for hydroxylation is 1. The normalized spacial score (nSPS) is 9.38. The second-order valence-corrected chi connectivity index (χ2v) is 5.67. The zero-order valence-corrected chi connectivity index (χ0v) is 11.4. The van der Waals surface area contributed by atoms with E-state index in [4.69, 9.17) is 11.1 Å². The lowest BCUT2D eigenvalue weighted by molar-refractivity contribution is 1.04. The van der Waals surface area contributed by atoms with E-state index in [2.05, 4.69) is 37.9 Å². The largest absolute Gasteiger partial charge is 0.388 e. The lowest BCUT2D eigenvalue weighted by Crippen LogP contribution is -2.09. The van der Waals surface area contributed by atoms with Crippen LogP contribution in [0.4, 0.5) is 0 Å². The standard InChI is InChI=1S/C7H8Br2N2S.ClH/c8-5-3-4(12-7(5)9)1-2-6(10)11;/h3H,1-2H2,(H3,10,11);1H. The van der Waals surface area contributed by atoms with Gasteiger partial charge in [0.15, 0.2) is 0 Å². The van der Waals surface area contributed by atoms with E-state index in [0.717, 1.165) is 14.7 Å². The summed E-state index contributed by atoms with van der Waals surface area (Å²) in [5, 5.41) is 7.06. The number of nitrogens with one attached hydrogen (secondary N) is 1. The fourth-order valence-electron chi connectivity index (χ4n) is 0.772. The molecule has 0 spiro atoms. The van der Waals surface area contributed by atoms with Crippen LogP contribution in [0.5, 0.6) is 0 Å². The second-order valence-electron chi connectivity index (χ2n) is 2.36. The van der Waals surface area contributed by atoms with Crippen LogP contribution in [0.15, 0.2) is 14.3 Å². The quantitative estimate of drug-likeness (QED) is 0.637. The molecular weight excluding hydrogens is 339 g/mol. The van der Waals surface area contributed by atoms with Crippen LogP contribution >= 0.6 is 55.6 Å². The van der Waals surface area contributed by atoms with Gasteiger partial charge in [0.1, 0.15) is 0 Å². The van der Waals surface area contributed by atoms with Crippen LogP contribution in [-0.2, 0) is 6.42 Å². The molecule has 1 heterocycles. The molecule has 13 heavy (non-hydrogen) atoms. The molecule has 0 amide bonds. The summed E-state index contributed by atoms with van der Waals surface area (Å²) < 4.78 is 2.17. The first-order chi connectivity index (χ1) is 5.59. The van der Waals surface area contributed by atoms with Gasteiger partial charge in [0.25, 0.3) is 0 Å². The van der Waals surface area contributed by atoms with Gasteiger partial charge < -0.3 is 5.73 Å². The van der Waals surface area contributed by atoms with E-state index in [-0.39, 0.29) is 18.2 Å². The summed E-state index contributed by atoms with van der Waals surface area (Å²) in [7, 11) is 0. The van der Waals surface area contributed by atoms with Crippen LogP contribution in [-0.4, -0.2) is 5.84 Å². The van der Waals surface area contributed by atoms with Gasteiger partial charge in [-0.3, -0.25) is 5.41 Å². The summed E-state index contributed by atoms with van der Waals surface area (Å²) >= 11 is 8.49. The lowest BCUT2D eigenvalue weighted by Gasteiger charge is -1.93. The Labute approximate surface area is 104 Å². The van der Waals surface area contributed by atoms with Gasteiger partial charge in [-0.1, -0.05) is 0 Å². The Morgan fingerprint density at radius 3 is 2.54 bits per heavy atom. The highest BCUT2D eigenvalue weighted by atomic mass is 79.9. The van der Waals surface area contributed by atoms with E-state index >= 15 is 0 Å². The van der Waals surface area contributed by atoms with Crippen molar-refractivity contribution in [2.24, 2.45) is 5.73 Å². The Morgan fingerprint density at radius 1 is 1.54 bits per heavy atom. The Kier molecular flexibility index (Phi) is 6.20. The third-order valence-electron chi connectivity index (χ3n) is 1.34. The van der Waals surface area contributed by atoms with Crippen molar-refractivity contribution >= 4 is 61.4 Å². The SMILES string of the molecule is Cl.N=C(N)CCc1cc(Br)c(Br)s1. The number of halogens is 3. The van der Waals surface area contributed by atoms with Crippen LogP contribution in [0, 0.1) is 5.41 Å². The molecule has 6 heteroatoms. The van der Waals surface area contributed by atoms with Gasteiger partial charge in [-0.05, 0) is 44.3 Å². The molecule has 0 aliphatic carbocycles. The first kappa shape index (κ1) is 13.4. The van der Waals surface area contributed by atoms with Crippen LogP contribution < -0.4 is 5.73 Å². The van der Waals surface area contributed by atoms with E-state index in [9.17, 15) is 0 Å². The molecule has 0 aliphatic rings. The Morgan fingerprint density at radius 2 is 2.15 bits per heavy atom. The van der Waals surface area contributed by atoms with E-state index < -0.39 is 0 Å². The summed E-state index contributed by atoms with van der Waals surface area (Å²) in [5.74, 6) is 0.246. The molecule has 0 saturated carbocycles. The van der Waals surface area contributed by atoms with Gasteiger partial charge in [-0.15, -0.1) is 23.7 Å². The average molecular weight is 348 g/mol. The highest BCUT2D eigenvalue weighted by molar-refractivity contribution is 9.13. The fourth-order valence-corrected chi connectivity index (χ4v) is 2.95. The molecule has 3 N–H and O–H groups in total. The minimum atomic E-state index is 0. The number of nitrogens with two attached hydrogens (primary N) is 1. The third kappa shape index (κ3) is 4.44. The van der Waals surface area contributed by atoms with E-state index in [1.165, 1.54) is 4.88 Å². The van der Waals surface area contributed by atoms with E-state index in [0.29, 0.717) is 6.42 Å². The van der Waals surface area contributed by atoms with Crippen molar-refractivity contribution in [3.05, 3.63) is 19.2 Å². The molecule has 2 nitrogen and oxygen atoms in total. The van der Waals surface area contributed by atoms with Gasteiger partial charge in [-0.2, -0.15) is 0 Å². The topological polar surface area (TPSA) is 49.9 Å². The Bertz CT molecular complexity index is 281. The predicted octanol–water partition coefficient (Wildman–Crippen LogP) is 3.56. The monoisotopic (exact) mass is 346 g/mol. The van der Waals surface area contributed by atoms with Gasteiger partial charge in [0, 0.05) is 15.8 Å². The molecule has 0 fully saturated rings. The van der Waals surface area contributed by atoms with Crippen molar-refractivity contribution in [3.8, 4) is 0 Å². The molecule has 1 aromatic heterocycles. The molecule has 0 aromatic carbocycles. The molecule has 74 valence electrons. The maximum atomic E-state index is 7.06. The molecular formula is C7H9Br2ClN2S. The van der Waals surface area contributed by atoms with E-state index in [1.807, 2.05) is 0 Å². The zero-order valence-electron chi connectivity index (χ0n) is 6.64. The fraction of sp³-hybridized carbons (Fsp3) is 0.286. The second kappa shape index (κ2) is 6.01. The van der Waals surface area contributed by atoms with Crippen molar-refractivity contribution in [2.45, 2.75) is 12.8 Å². The average Bonchev–Trinajstić information content (AvgIpc) is 2.28. The minimum Gasteiger partial charge on any atom is -0.388 e. The number of rotatable bonds is 3. The molecule has 0 radical (unpaired) electrons. The van der Waals surface area contributed by atoms with Crippen molar-refractivity contribution in [3.63, 3.8) is 0 Å². The van der Waals surface area contributed by atoms with Crippen molar-refractivity contribution in [1.82, 2.24) is 0 Å². The van der Waals surface area contributed by atoms with Gasteiger partial charge in [0.05, 0.1) is 9.62 Å². The van der Waals surface area contributed by atoms with Crippen LogP contribution in [0.25, 0.3) is 0 Å². The van der Waals surface area contributed by atoms with Gasteiger partial charge in [0.2, 0.25) is 0 Å². The Balaban J connectivity index is 0.00000144. The summed E-state index contributed by atoms with van der Waals surface area (Å²) in [5.41, 5.74) is 5.25. The molecule has 1 aromatic rings. The molecule has 0 unspecified atom stereocenters. The Hall–Kier alpha value is 0.420. The van der Waals surface area contributed by atoms with Crippen molar-refractivity contribution in [2.75, 3.05) is 0 Å². The first-order valence-corrected chi connectivity index (χ1v) is 5.76. The molecule has 0 atom stereocenters. The lowest BCUT2D eigenvalue weighted by atomic mass is 10.2. The summed E-state index contributed by atoms with van der Waals surface area (Å²) in [6.07, 6.45) is 1.49. The van der Waals surface area contributed by atoms with Gasteiger partial charge >= 0.3 is 0 Å². The smallest absolute Gasteiger partial charge is 0.0908 e.